The van der Waals surface area contributed by atoms with Gasteiger partial charge in [-0.05, 0) is 57.9 Å². The molecule has 0 bridgehead atoms. The zero-order valence-corrected chi connectivity index (χ0v) is 20.6. The molecule has 0 radical (unpaired) electrons. The lowest BCUT2D eigenvalue weighted by atomic mass is 9.88. The fourth-order valence-corrected chi connectivity index (χ4v) is 4.01. The van der Waals surface area contributed by atoms with Crippen molar-refractivity contribution in [1.82, 2.24) is 25.7 Å². The second-order valence-electron chi connectivity index (χ2n) is 10.2. The van der Waals surface area contributed by atoms with Crippen LogP contribution in [0.15, 0.2) is 47.0 Å². The number of alkyl carbamates (subject to hydrolysis) is 1. The van der Waals surface area contributed by atoms with E-state index in [2.05, 4.69) is 20.8 Å². The summed E-state index contributed by atoms with van der Waals surface area (Å²) in [6.45, 7) is 10.1. The van der Waals surface area contributed by atoms with E-state index in [4.69, 9.17) is 9.26 Å². The number of rotatable bonds is 5. The van der Waals surface area contributed by atoms with Gasteiger partial charge in [-0.2, -0.15) is 4.98 Å². The molecule has 0 saturated carbocycles. The minimum Gasteiger partial charge on any atom is -0.444 e. The Hall–Kier alpha value is -3.95. The molecule has 35 heavy (non-hydrogen) atoms. The van der Waals surface area contributed by atoms with Crippen molar-refractivity contribution in [2.45, 2.75) is 64.8 Å². The molecule has 4 amide bonds. The van der Waals surface area contributed by atoms with E-state index in [0.29, 0.717) is 5.56 Å². The largest absolute Gasteiger partial charge is 0.444 e. The smallest absolute Gasteiger partial charge is 0.408 e. The molecule has 184 valence electrons. The van der Waals surface area contributed by atoms with Crippen molar-refractivity contribution in [3.05, 3.63) is 59.7 Å². The Morgan fingerprint density at radius 1 is 1.11 bits per heavy atom. The molecule has 0 spiro atoms. The van der Waals surface area contributed by atoms with Crippen LogP contribution in [0.4, 0.5) is 9.59 Å². The molecule has 2 aromatic carbocycles. The van der Waals surface area contributed by atoms with Gasteiger partial charge in [-0.15, -0.1) is 0 Å². The summed E-state index contributed by atoms with van der Waals surface area (Å²) in [5, 5.41) is 11.3. The lowest BCUT2D eigenvalue weighted by Crippen LogP contribution is -2.44. The molecular formula is C25H29N5O5. The topological polar surface area (TPSA) is 127 Å². The fourth-order valence-electron chi connectivity index (χ4n) is 4.01. The van der Waals surface area contributed by atoms with Crippen LogP contribution in [0.5, 0.6) is 0 Å². The van der Waals surface area contributed by atoms with E-state index in [1.165, 1.54) is 0 Å². The van der Waals surface area contributed by atoms with Gasteiger partial charge >= 0.3 is 12.1 Å². The highest BCUT2D eigenvalue weighted by Crippen LogP contribution is 2.34. The highest BCUT2D eigenvalue weighted by molar-refractivity contribution is 6.09. The van der Waals surface area contributed by atoms with Crippen molar-refractivity contribution >= 4 is 28.8 Å². The van der Waals surface area contributed by atoms with E-state index in [0.717, 1.165) is 15.7 Å². The van der Waals surface area contributed by atoms with Crippen LogP contribution in [-0.2, 0) is 27.2 Å². The Balaban J connectivity index is 1.53. The van der Waals surface area contributed by atoms with Crippen molar-refractivity contribution in [3.8, 4) is 0 Å². The minimum absolute atomic E-state index is 0.0599. The Bertz CT molecular complexity index is 1300. The van der Waals surface area contributed by atoms with Crippen LogP contribution >= 0.6 is 0 Å². The molecule has 2 heterocycles. The molecule has 0 unspecified atom stereocenters. The minimum atomic E-state index is -1.25. The number of ether oxygens (including phenoxy) is 1. The van der Waals surface area contributed by atoms with E-state index in [-0.39, 0.29) is 18.3 Å². The highest BCUT2D eigenvalue weighted by Gasteiger charge is 2.50. The quantitative estimate of drug-likeness (QED) is 0.531. The Morgan fingerprint density at radius 2 is 1.80 bits per heavy atom. The maximum Gasteiger partial charge on any atom is 0.408 e. The van der Waals surface area contributed by atoms with E-state index in [1.807, 2.05) is 42.5 Å². The van der Waals surface area contributed by atoms with E-state index < -0.39 is 34.7 Å². The standard InChI is InChI=1S/C25H29N5O5/c1-23(2,3)34-22(33)28-24(4,5)19-26-18(35-29-19)14-30-20(31)25(6,27-21(30)32)17-13-9-11-15-10-7-8-12-16(15)17/h7-13H,14H2,1-6H3,(H,27,32)(H,28,33)/t25-/m1/s1. The maximum absolute atomic E-state index is 13.4. The monoisotopic (exact) mass is 479 g/mol. The summed E-state index contributed by atoms with van der Waals surface area (Å²) in [5.41, 5.74) is -2.23. The van der Waals surface area contributed by atoms with Gasteiger partial charge in [0.2, 0.25) is 5.89 Å². The number of fused-ring (bicyclic) bond motifs is 1. The van der Waals surface area contributed by atoms with E-state index in [9.17, 15) is 14.4 Å². The first-order valence-corrected chi connectivity index (χ1v) is 11.3. The van der Waals surface area contributed by atoms with Crippen LogP contribution in [-0.4, -0.2) is 38.7 Å². The van der Waals surface area contributed by atoms with Crippen LogP contribution < -0.4 is 10.6 Å². The number of imide groups is 1. The number of nitrogens with one attached hydrogen (secondary N) is 2. The molecule has 1 fully saturated rings. The third-order valence-corrected chi connectivity index (χ3v) is 5.74. The van der Waals surface area contributed by atoms with Crippen LogP contribution in [0.2, 0.25) is 0 Å². The second-order valence-corrected chi connectivity index (χ2v) is 10.2. The molecule has 1 aromatic heterocycles. The first-order chi connectivity index (χ1) is 16.3. The van der Waals surface area contributed by atoms with Gasteiger partial charge in [0.05, 0.1) is 0 Å². The highest BCUT2D eigenvalue weighted by atomic mass is 16.6. The van der Waals surface area contributed by atoms with E-state index >= 15 is 0 Å². The lowest BCUT2D eigenvalue weighted by Gasteiger charge is -2.26. The first-order valence-electron chi connectivity index (χ1n) is 11.3. The summed E-state index contributed by atoms with van der Waals surface area (Å²) in [5.74, 6) is -0.184. The number of benzene rings is 2. The van der Waals surface area contributed by atoms with Gasteiger partial charge in [0.15, 0.2) is 5.82 Å². The molecule has 1 aliphatic heterocycles. The van der Waals surface area contributed by atoms with E-state index in [1.54, 1.807) is 41.5 Å². The molecular weight excluding hydrogens is 450 g/mol. The average molecular weight is 480 g/mol. The van der Waals surface area contributed by atoms with Gasteiger partial charge in [-0.1, -0.05) is 47.6 Å². The van der Waals surface area contributed by atoms with Crippen LogP contribution in [0.3, 0.4) is 0 Å². The summed E-state index contributed by atoms with van der Waals surface area (Å²) in [4.78, 5) is 43.8. The molecule has 10 heteroatoms. The number of aromatic nitrogens is 2. The van der Waals surface area contributed by atoms with Gasteiger partial charge in [-0.25, -0.2) is 9.59 Å². The molecule has 0 aliphatic carbocycles. The summed E-state index contributed by atoms with van der Waals surface area (Å²) in [7, 11) is 0. The lowest BCUT2D eigenvalue weighted by molar-refractivity contribution is -0.131. The number of hydrogen-bond acceptors (Lipinski definition) is 7. The van der Waals surface area contributed by atoms with Crippen molar-refractivity contribution in [2.75, 3.05) is 0 Å². The van der Waals surface area contributed by atoms with Gasteiger partial charge in [0.1, 0.15) is 23.2 Å². The van der Waals surface area contributed by atoms with Crippen molar-refractivity contribution in [3.63, 3.8) is 0 Å². The average Bonchev–Trinajstić information content (AvgIpc) is 3.31. The summed E-state index contributed by atoms with van der Waals surface area (Å²) >= 11 is 0. The third kappa shape index (κ3) is 4.68. The summed E-state index contributed by atoms with van der Waals surface area (Å²) in [6.07, 6.45) is -0.631. The predicted molar refractivity (Wildman–Crippen MR) is 127 cm³/mol. The summed E-state index contributed by atoms with van der Waals surface area (Å²) < 4.78 is 10.6. The zero-order chi connectivity index (χ0) is 25.6. The molecule has 4 rings (SSSR count). The number of hydrogen-bond donors (Lipinski definition) is 2. The van der Waals surface area contributed by atoms with Crippen molar-refractivity contribution in [2.24, 2.45) is 0 Å². The van der Waals surface area contributed by atoms with Gasteiger partial charge < -0.3 is 19.9 Å². The van der Waals surface area contributed by atoms with Crippen molar-refractivity contribution < 1.29 is 23.6 Å². The Labute approximate surface area is 203 Å². The Kier molecular flexibility index (Phi) is 5.78. The van der Waals surface area contributed by atoms with Gasteiger partial charge in [-0.3, -0.25) is 9.69 Å². The fraction of sp³-hybridized carbons (Fsp3) is 0.400. The molecule has 1 aliphatic rings. The predicted octanol–water partition coefficient (Wildman–Crippen LogP) is 3.95. The number of amides is 4. The van der Waals surface area contributed by atoms with Gasteiger partial charge in [0.25, 0.3) is 5.91 Å². The molecule has 1 atom stereocenters. The molecule has 3 aromatic rings. The van der Waals surface area contributed by atoms with Crippen LogP contribution in [0, 0.1) is 0 Å². The SMILES string of the molecule is CC(C)(C)OC(=O)NC(C)(C)c1noc(CN2C(=O)N[C@](C)(c3cccc4ccccc34)C2=O)n1. The Morgan fingerprint density at radius 3 is 2.51 bits per heavy atom. The normalized spacial score (nSPS) is 18.6. The number of carbonyl (C=O) groups excluding carboxylic acids is 3. The number of nitrogens with zero attached hydrogens (tertiary/aromatic N) is 3. The van der Waals surface area contributed by atoms with Crippen LogP contribution in [0.1, 0.15) is 58.8 Å². The second kappa shape index (κ2) is 8.37. The number of carbonyl (C=O) groups is 3. The molecule has 10 nitrogen and oxygen atoms in total. The molecule has 2 N–H and O–H groups in total. The maximum atomic E-state index is 13.4. The molecule has 1 saturated heterocycles. The summed E-state index contributed by atoms with van der Waals surface area (Å²) in [6, 6.07) is 12.8. The number of urea groups is 1. The van der Waals surface area contributed by atoms with Crippen LogP contribution in [0.25, 0.3) is 10.8 Å². The first kappa shape index (κ1) is 24.2. The third-order valence-electron chi connectivity index (χ3n) is 5.74. The zero-order valence-electron chi connectivity index (χ0n) is 20.6. The van der Waals surface area contributed by atoms with Gasteiger partial charge in [0, 0.05) is 0 Å². The van der Waals surface area contributed by atoms with Crippen molar-refractivity contribution in [1.29, 1.82) is 0 Å².